The van der Waals surface area contributed by atoms with Crippen LogP contribution in [0.3, 0.4) is 0 Å². The van der Waals surface area contributed by atoms with Crippen molar-refractivity contribution in [3.63, 3.8) is 0 Å². The van der Waals surface area contributed by atoms with Gasteiger partial charge in [-0.1, -0.05) is 48.0 Å². The summed E-state index contributed by atoms with van der Waals surface area (Å²) in [4.78, 5) is 27.5. The van der Waals surface area contributed by atoms with E-state index in [-0.39, 0.29) is 17.4 Å². The van der Waals surface area contributed by atoms with E-state index in [2.05, 4.69) is 21.2 Å². The first-order chi connectivity index (χ1) is 17.8. The van der Waals surface area contributed by atoms with Crippen molar-refractivity contribution in [2.24, 2.45) is 0 Å². The van der Waals surface area contributed by atoms with E-state index in [0.717, 1.165) is 5.56 Å². The minimum Gasteiger partial charge on any atom is -0.490 e. The lowest BCUT2D eigenvalue weighted by Gasteiger charge is -2.30. The molecule has 1 saturated heterocycles. The second-order valence-corrected chi connectivity index (χ2v) is 10.4. The molecular weight excluding hydrogens is 562 g/mol. The Labute approximate surface area is 227 Å². The van der Waals surface area contributed by atoms with Crippen LogP contribution in [0.25, 0.3) is 0 Å². The summed E-state index contributed by atoms with van der Waals surface area (Å²) >= 11 is 9.88. The van der Waals surface area contributed by atoms with Crippen LogP contribution in [0.2, 0.25) is 5.02 Å². The van der Waals surface area contributed by atoms with Crippen molar-refractivity contribution in [3.8, 4) is 11.5 Å². The molecule has 0 unspecified atom stereocenters. The SMILES string of the molecule is CCOc1cc([C@@H]2CN(C)[C@@]3(C(=O)Nc4ccccc43)[C@H]2[N+](=O)[O-])cc(Br)c1OCc1ccccc1Cl. The molecule has 10 heteroatoms. The molecule has 1 amide bonds. The number of rotatable bonds is 7. The van der Waals surface area contributed by atoms with Crippen LogP contribution in [0.15, 0.2) is 65.1 Å². The summed E-state index contributed by atoms with van der Waals surface area (Å²) in [6.45, 7) is 2.77. The van der Waals surface area contributed by atoms with Gasteiger partial charge in [-0.05, 0) is 59.7 Å². The Morgan fingerprint density at radius 1 is 1.19 bits per heavy atom. The zero-order chi connectivity index (χ0) is 26.3. The Bertz CT molecular complexity index is 1390. The lowest BCUT2D eigenvalue weighted by atomic mass is 9.79. The molecule has 1 fully saturated rings. The van der Waals surface area contributed by atoms with Gasteiger partial charge in [0.2, 0.25) is 0 Å². The predicted octanol–water partition coefficient (Wildman–Crippen LogP) is 5.60. The summed E-state index contributed by atoms with van der Waals surface area (Å²) in [7, 11) is 1.76. The first kappa shape index (κ1) is 25.5. The number of benzene rings is 3. The van der Waals surface area contributed by atoms with E-state index in [1.165, 1.54) is 0 Å². The number of anilines is 1. The van der Waals surface area contributed by atoms with E-state index in [9.17, 15) is 14.9 Å². The van der Waals surface area contributed by atoms with Gasteiger partial charge in [0.25, 0.3) is 11.9 Å². The van der Waals surface area contributed by atoms with Crippen LogP contribution in [0, 0.1) is 10.1 Å². The van der Waals surface area contributed by atoms with Crippen molar-refractivity contribution < 1.29 is 19.2 Å². The van der Waals surface area contributed by atoms with Gasteiger partial charge in [-0.25, -0.2) is 0 Å². The largest absolute Gasteiger partial charge is 0.490 e. The van der Waals surface area contributed by atoms with Crippen LogP contribution in [0.5, 0.6) is 11.5 Å². The number of para-hydroxylation sites is 1. The van der Waals surface area contributed by atoms with Crippen LogP contribution in [0.4, 0.5) is 5.69 Å². The molecule has 8 nitrogen and oxygen atoms in total. The monoisotopic (exact) mass is 585 g/mol. The van der Waals surface area contributed by atoms with Gasteiger partial charge in [-0.2, -0.15) is 0 Å². The maximum Gasteiger partial charge on any atom is 0.256 e. The third-order valence-electron chi connectivity index (χ3n) is 7.13. The number of carbonyl (C=O) groups excluding carboxylic acids is 1. The number of hydrogen-bond donors (Lipinski definition) is 1. The molecule has 1 spiro atoms. The van der Waals surface area contributed by atoms with Crippen LogP contribution in [0.1, 0.15) is 29.5 Å². The van der Waals surface area contributed by atoms with E-state index in [4.69, 9.17) is 21.1 Å². The molecule has 2 aliphatic heterocycles. The van der Waals surface area contributed by atoms with Crippen LogP contribution in [-0.4, -0.2) is 42.0 Å². The van der Waals surface area contributed by atoms with Crippen molar-refractivity contribution in [2.45, 2.75) is 31.0 Å². The number of likely N-dealkylation sites (tertiary alicyclic amines) is 1. The second kappa shape index (κ2) is 9.96. The van der Waals surface area contributed by atoms with Crippen molar-refractivity contribution in [2.75, 3.05) is 25.5 Å². The van der Waals surface area contributed by atoms with E-state index in [0.29, 0.717) is 51.0 Å². The summed E-state index contributed by atoms with van der Waals surface area (Å²) in [6.07, 6.45) is 0. The highest BCUT2D eigenvalue weighted by Gasteiger charge is 2.68. The predicted molar refractivity (Wildman–Crippen MR) is 144 cm³/mol. The first-order valence-electron chi connectivity index (χ1n) is 11.9. The van der Waals surface area contributed by atoms with Gasteiger partial charge < -0.3 is 14.8 Å². The van der Waals surface area contributed by atoms with Gasteiger partial charge in [0.1, 0.15) is 6.61 Å². The van der Waals surface area contributed by atoms with Crippen LogP contribution in [-0.2, 0) is 16.9 Å². The van der Waals surface area contributed by atoms with Gasteiger partial charge in [0.05, 0.1) is 17.0 Å². The minimum atomic E-state index is -1.41. The summed E-state index contributed by atoms with van der Waals surface area (Å²) in [5.74, 6) is -0.0247. The summed E-state index contributed by atoms with van der Waals surface area (Å²) in [5, 5.41) is 16.1. The standard InChI is InChI=1S/C27H25BrClN3O5/c1-3-36-23-13-17(12-20(28)24(23)37-15-16-8-4-6-10-21(16)29)18-14-31(2)27(25(18)32(34)35)19-9-5-7-11-22(19)30-26(27)33/h4-13,18,25H,3,14-15H2,1-2H3,(H,30,33)/t18-,25-,27+/m0/s1. The highest BCUT2D eigenvalue weighted by molar-refractivity contribution is 9.10. The third-order valence-corrected chi connectivity index (χ3v) is 8.09. The van der Waals surface area contributed by atoms with Crippen molar-refractivity contribution in [3.05, 3.63) is 97.0 Å². The number of amides is 1. The Morgan fingerprint density at radius 3 is 2.65 bits per heavy atom. The molecule has 37 heavy (non-hydrogen) atoms. The van der Waals surface area contributed by atoms with E-state index in [1.807, 2.05) is 31.2 Å². The number of ether oxygens (including phenoxy) is 2. The Morgan fingerprint density at radius 2 is 1.92 bits per heavy atom. The second-order valence-electron chi connectivity index (χ2n) is 9.13. The fourth-order valence-corrected chi connectivity index (χ4v) is 6.31. The Hall–Kier alpha value is -3.14. The molecule has 0 bridgehead atoms. The molecule has 192 valence electrons. The number of likely N-dealkylation sites (N-methyl/N-ethyl adjacent to an activating group) is 1. The number of halogens is 2. The first-order valence-corrected chi connectivity index (χ1v) is 13.0. The highest BCUT2D eigenvalue weighted by atomic mass is 79.9. The highest BCUT2D eigenvalue weighted by Crippen LogP contribution is 2.53. The fraction of sp³-hybridized carbons (Fsp3) is 0.296. The van der Waals surface area contributed by atoms with E-state index < -0.39 is 17.5 Å². The average molecular weight is 587 g/mol. The molecule has 3 aromatic rings. The molecule has 2 heterocycles. The van der Waals surface area contributed by atoms with Crippen LogP contribution >= 0.6 is 27.5 Å². The zero-order valence-electron chi connectivity index (χ0n) is 20.2. The molecule has 0 aliphatic carbocycles. The number of carbonyl (C=O) groups is 1. The van der Waals surface area contributed by atoms with Gasteiger partial charge in [0.15, 0.2) is 17.0 Å². The summed E-state index contributed by atoms with van der Waals surface area (Å²) in [5.41, 5.74) is 1.31. The third kappa shape index (κ3) is 4.15. The van der Waals surface area contributed by atoms with Crippen molar-refractivity contribution in [1.82, 2.24) is 4.90 Å². The van der Waals surface area contributed by atoms with Gasteiger partial charge in [-0.3, -0.25) is 19.8 Å². The summed E-state index contributed by atoms with van der Waals surface area (Å²) < 4.78 is 12.6. The molecule has 0 radical (unpaired) electrons. The lowest BCUT2D eigenvalue weighted by molar-refractivity contribution is -0.534. The van der Waals surface area contributed by atoms with Gasteiger partial charge >= 0.3 is 0 Å². The zero-order valence-corrected chi connectivity index (χ0v) is 22.6. The fourth-order valence-electron chi connectivity index (χ4n) is 5.55. The smallest absolute Gasteiger partial charge is 0.256 e. The number of nitrogens with one attached hydrogen (secondary N) is 1. The van der Waals surface area contributed by atoms with E-state index in [1.54, 1.807) is 48.3 Å². The molecule has 3 atom stereocenters. The maximum absolute atomic E-state index is 13.4. The normalized spacial score (nSPS) is 22.6. The van der Waals surface area contributed by atoms with E-state index >= 15 is 0 Å². The Balaban J connectivity index is 1.55. The topological polar surface area (TPSA) is 93.9 Å². The molecule has 5 rings (SSSR count). The molecular formula is C27H25BrClN3O5. The van der Waals surface area contributed by atoms with Gasteiger partial charge in [-0.15, -0.1) is 0 Å². The number of fused-ring (bicyclic) bond motifs is 2. The van der Waals surface area contributed by atoms with Crippen molar-refractivity contribution in [1.29, 1.82) is 0 Å². The number of nitrogens with zero attached hydrogens (tertiary/aromatic N) is 2. The maximum atomic E-state index is 13.4. The molecule has 2 aliphatic rings. The Kier molecular flexibility index (Phi) is 6.87. The number of nitro groups is 1. The number of hydrogen-bond acceptors (Lipinski definition) is 6. The van der Waals surface area contributed by atoms with Gasteiger partial charge in [0, 0.05) is 33.3 Å². The van der Waals surface area contributed by atoms with Crippen LogP contribution < -0.4 is 14.8 Å². The molecule has 0 aromatic heterocycles. The quantitative estimate of drug-likeness (QED) is 0.286. The summed E-state index contributed by atoms with van der Waals surface area (Å²) in [6, 6.07) is 17.0. The molecule has 0 saturated carbocycles. The average Bonchev–Trinajstić information content (AvgIpc) is 3.34. The minimum absolute atomic E-state index is 0.224. The van der Waals surface area contributed by atoms with Crippen molar-refractivity contribution >= 4 is 39.1 Å². The lowest BCUT2D eigenvalue weighted by Crippen LogP contribution is -2.54. The molecule has 3 aromatic carbocycles. The molecule has 1 N–H and O–H groups in total.